The number of hydrogen-bond donors (Lipinski definition) is 1. The Morgan fingerprint density at radius 2 is 2.17 bits per heavy atom. The maximum absolute atomic E-state index is 12.0. The Labute approximate surface area is 107 Å². The highest BCUT2D eigenvalue weighted by molar-refractivity contribution is 6.03. The van der Waals surface area contributed by atoms with E-state index in [4.69, 9.17) is 4.74 Å². The van der Waals surface area contributed by atoms with Crippen molar-refractivity contribution in [1.82, 2.24) is 4.98 Å². The van der Waals surface area contributed by atoms with Gasteiger partial charge < -0.3 is 9.72 Å². The molecule has 2 rings (SSSR count). The van der Waals surface area contributed by atoms with Crippen molar-refractivity contribution in [2.75, 3.05) is 0 Å². The first-order chi connectivity index (χ1) is 8.54. The van der Waals surface area contributed by atoms with Crippen LogP contribution in [0.4, 0.5) is 0 Å². The molecule has 0 fully saturated rings. The fourth-order valence-electron chi connectivity index (χ4n) is 2.30. The fraction of sp³-hybridized carbons (Fsp3) is 0.571. The molecular weight excluding hydrogens is 230 g/mol. The Balaban J connectivity index is 2.30. The third kappa shape index (κ3) is 2.19. The minimum atomic E-state index is -0.357. The molecule has 0 spiro atoms. The number of esters is 1. The molecule has 0 aliphatic heterocycles. The van der Waals surface area contributed by atoms with E-state index in [0.29, 0.717) is 17.7 Å². The standard InChI is InChI=1S/C14H19NO3/c1-4-8(2)18-14(17)13-9(3)12-10(15-13)6-5-7-11(12)16/h8,15H,4-7H2,1-3H3/t8-/m0/s1. The van der Waals surface area contributed by atoms with Gasteiger partial charge in [-0.05, 0) is 38.7 Å². The highest BCUT2D eigenvalue weighted by Gasteiger charge is 2.27. The van der Waals surface area contributed by atoms with E-state index in [1.165, 1.54) is 0 Å². The molecule has 4 nitrogen and oxygen atoms in total. The summed E-state index contributed by atoms with van der Waals surface area (Å²) in [5.74, 6) is -0.225. The molecule has 0 radical (unpaired) electrons. The molecule has 98 valence electrons. The molecule has 0 aromatic carbocycles. The van der Waals surface area contributed by atoms with E-state index in [2.05, 4.69) is 4.98 Å². The summed E-state index contributed by atoms with van der Waals surface area (Å²) in [6.07, 6.45) is 2.94. The molecule has 1 aromatic rings. The van der Waals surface area contributed by atoms with Gasteiger partial charge in [0, 0.05) is 17.7 Å². The Hall–Kier alpha value is -1.58. The zero-order valence-electron chi connectivity index (χ0n) is 11.1. The van der Waals surface area contributed by atoms with Crippen molar-refractivity contribution in [3.05, 3.63) is 22.5 Å². The molecule has 0 amide bonds. The van der Waals surface area contributed by atoms with Crippen molar-refractivity contribution in [1.29, 1.82) is 0 Å². The first-order valence-corrected chi connectivity index (χ1v) is 6.50. The molecule has 1 N–H and O–H groups in total. The van der Waals surface area contributed by atoms with Crippen LogP contribution in [0.1, 0.15) is 65.2 Å². The van der Waals surface area contributed by atoms with Gasteiger partial charge in [0.05, 0.1) is 6.10 Å². The van der Waals surface area contributed by atoms with E-state index in [1.807, 2.05) is 20.8 Å². The van der Waals surface area contributed by atoms with Crippen LogP contribution in [0.3, 0.4) is 0 Å². The predicted molar refractivity (Wildman–Crippen MR) is 68.0 cm³/mol. The van der Waals surface area contributed by atoms with Gasteiger partial charge in [0.2, 0.25) is 0 Å². The lowest BCUT2D eigenvalue weighted by Crippen LogP contribution is -2.15. The number of nitrogens with one attached hydrogen (secondary N) is 1. The van der Waals surface area contributed by atoms with Crippen LogP contribution >= 0.6 is 0 Å². The molecule has 1 aliphatic carbocycles. The predicted octanol–water partition coefficient (Wildman–Crippen LogP) is 2.80. The monoisotopic (exact) mass is 249 g/mol. The van der Waals surface area contributed by atoms with Gasteiger partial charge in [0.25, 0.3) is 0 Å². The maximum Gasteiger partial charge on any atom is 0.355 e. The highest BCUT2D eigenvalue weighted by atomic mass is 16.5. The van der Waals surface area contributed by atoms with Crippen LogP contribution in [-0.4, -0.2) is 22.8 Å². The zero-order chi connectivity index (χ0) is 13.3. The van der Waals surface area contributed by atoms with Crippen molar-refractivity contribution in [3.8, 4) is 0 Å². The van der Waals surface area contributed by atoms with Crippen LogP contribution in [0.2, 0.25) is 0 Å². The van der Waals surface area contributed by atoms with Gasteiger partial charge in [-0.25, -0.2) is 4.79 Å². The Morgan fingerprint density at radius 3 is 2.78 bits per heavy atom. The topological polar surface area (TPSA) is 59.2 Å². The van der Waals surface area contributed by atoms with Crippen molar-refractivity contribution in [3.63, 3.8) is 0 Å². The number of rotatable bonds is 3. The van der Waals surface area contributed by atoms with E-state index in [0.717, 1.165) is 30.5 Å². The lowest BCUT2D eigenvalue weighted by Gasteiger charge is -2.10. The van der Waals surface area contributed by atoms with Crippen LogP contribution in [-0.2, 0) is 11.2 Å². The summed E-state index contributed by atoms with van der Waals surface area (Å²) in [5, 5.41) is 0. The molecule has 1 atom stereocenters. The number of ether oxygens (including phenoxy) is 1. The molecule has 1 aromatic heterocycles. The van der Waals surface area contributed by atoms with Gasteiger partial charge >= 0.3 is 5.97 Å². The number of carbonyl (C=O) groups is 2. The first-order valence-electron chi connectivity index (χ1n) is 6.50. The Kier molecular flexibility index (Phi) is 3.55. The number of aryl methyl sites for hydroxylation is 1. The van der Waals surface area contributed by atoms with Crippen LogP contribution in [0.15, 0.2) is 0 Å². The summed E-state index contributed by atoms with van der Waals surface area (Å²) in [5.41, 5.74) is 2.77. The van der Waals surface area contributed by atoms with Crippen molar-refractivity contribution < 1.29 is 14.3 Å². The number of ketones is 1. The molecule has 0 saturated heterocycles. The van der Waals surface area contributed by atoms with Crippen LogP contribution in [0.25, 0.3) is 0 Å². The van der Waals surface area contributed by atoms with Gasteiger partial charge in [-0.3, -0.25) is 4.79 Å². The molecule has 0 bridgehead atoms. The summed E-state index contributed by atoms with van der Waals surface area (Å²) < 4.78 is 5.30. The van der Waals surface area contributed by atoms with E-state index >= 15 is 0 Å². The minimum Gasteiger partial charge on any atom is -0.458 e. The number of aromatic nitrogens is 1. The summed E-state index contributed by atoms with van der Waals surface area (Å²) in [6.45, 7) is 5.64. The van der Waals surface area contributed by atoms with Crippen LogP contribution < -0.4 is 0 Å². The quantitative estimate of drug-likeness (QED) is 0.838. The number of aromatic amines is 1. The minimum absolute atomic E-state index is 0.104. The smallest absolute Gasteiger partial charge is 0.355 e. The van der Waals surface area contributed by atoms with Crippen LogP contribution in [0, 0.1) is 6.92 Å². The Bertz CT molecular complexity index is 487. The molecule has 0 saturated carbocycles. The first kappa shape index (κ1) is 12.9. The normalized spacial score (nSPS) is 16.3. The number of Topliss-reactive ketones (excluding diaryl/α,β-unsaturated/α-hetero) is 1. The van der Waals surface area contributed by atoms with E-state index in [1.54, 1.807) is 0 Å². The second-order valence-corrected chi connectivity index (χ2v) is 4.88. The van der Waals surface area contributed by atoms with Gasteiger partial charge in [-0.15, -0.1) is 0 Å². The highest BCUT2D eigenvalue weighted by Crippen LogP contribution is 2.27. The van der Waals surface area contributed by atoms with Crippen molar-refractivity contribution >= 4 is 11.8 Å². The van der Waals surface area contributed by atoms with E-state index in [-0.39, 0.29) is 17.9 Å². The lowest BCUT2D eigenvalue weighted by atomic mass is 9.94. The maximum atomic E-state index is 12.0. The second kappa shape index (κ2) is 4.96. The van der Waals surface area contributed by atoms with Crippen LogP contribution in [0.5, 0.6) is 0 Å². The summed E-state index contributed by atoms with van der Waals surface area (Å²) in [6, 6.07) is 0. The van der Waals surface area contributed by atoms with Crippen molar-refractivity contribution in [2.24, 2.45) is 0 Å². The molecule has 0 unspecified atom stereocenters. The molecule has 1 heterocycles. The average molecular weight is 249 g/mol. The molecule has 1 aliphatic rings. The third-order valence-electron chi connectivity index (χ3n) is 3.52. The lowest BCUT2D eigenvalue weighted by molar-refractivity contribution is 0.0327. The number of hydrogen-bond acceptors (Lipinski definition) is 3. The van der Waals surface area contributed by atoms with Gasteiger partial charge in [-0.1, -0.05) is 6.92 Å². The summed E-state index contributed by atoms with van der Waals surface area (Å²) in [7, 11) is 0. The molecule has 4 heteroatoms. The number of carbonyl (C=O) groups excluding carboxylic acids is 2. The van der Waals surface area contributed by atoms with Gasteiger partial charge in [0.15, 0.2) is 5.78 Å². The Morgan fingerprint density at radius 1 is 1.44 bits per heavy atom. The second-order valence-electron chi connectivity index (χ2n) is 4.88. The molecule has 18 heavy (non-hydrogen) atoms. The average Bonchev–Trinajstić information content (AvgIpc) is 2.68. The number of fused-ring (bicyclic) bond motifs is 1. The zero-order valence-corrected chi connectivity index (χ0v) is 11.1. The summed E-state index contributed by atoms with van der Waals surface area (Å²) >= 11 is 0. The number of H-pyrrole nitrogens is 1. The third-order valence-corrected chi connectivity index (χ3v) is 3.52. The van der Waals surface area contributed by atoms with Crippen molar-refractivity contribution in [2.45, 2.75) is 52.6 Å². The van der Waals surface area contributed by atoms with Gasteiger partial charge in [0.1, 0.15) is 5.69 Å². The van der Waals surface area contributed by atoms with E-state index < -0.39 is 0 Å². The SMILES string of the molecule is CC[C@H](C)OC(=O)c1[nH]c2c(c1C)C(=O)CCC2. The van der Waals surface area contributed by atoms with Gasteiger partial charge in [-0.2, -0.15) is 0 Å². The fourth-order valence-corrected chi connectivity index (χ4v) is 2.30. The molecular formula is C14H19NO3. The summed E-state index contributed by atoms with van der Waals surface area (Å²) in [4.78, 5) is 26.9. The largest absolute Gasteiger partial charge is 0.458 e. The van der Waals surface area contributed by atoms with E-state index in [9.17, 15) is 9.59 Å².